The van der Waals surface area contributed by atoms with Gasteiger partial charge in [0, 0.05) is 53.4 Å². The number of carbonyl (C=O) groups is 4. The number of nitro benzene ring substituents is 1. The summed E-state index contributed by atoms with van der Waals surface area (Å²) in [5.74, 6) is -1.28. The van der Waals surface area contributed by atoms with E-state index in [1.54, 1.807) is 18.0 Å². The number of nitrogens with zero attached hydrogens (tertiary/aromatic N) is 3. The zero-order valence-electron chi connectivity index (χ0n) is 19.4. The second-order valence-electron chi connectivity index (χ2n) is 7.43. The minimum absolute atomic E-state index is 0.0513. The SMILES string of the molecule is CC(C)N(C)c1ccc([N+](=O)[O-])cc1C(=O)C=O.CCN(C)c1c(Br)cc(Br)cc1C(=O)C=O. The lowest BCUT2D eigenvalue weighted by molar-refractivity contribution is -0.384. The summed E-state index contributed by atoms with van der Waals surface area (Å²) in [7, 11) is 3.63. The number of carbonyl (C=O) groups excluding carboxylic acids is 4. The third kappa shape index (κ3) is 7.29. The third-order valence-corrected chi connectivity index (χ3v) is 6.04. The molecule has 2 rings (SSSR count). The van der Waals surface area contributed by atoms with Crippen molar-refractivity contribution in [3.05, 3.63) is 60.5 Å². The zero-order chi connectivity index (χ0) is 26.2. The molecule has 0 aliphatic rings. The molecule has 0 aromatic heterocycles. The Morgan fingerprint density at radius 2 is 1.59 bits per heavy atom. The summed E-state index contributed by atoms with van der Waals surface area (Å²) in [5, 5.41) is 10.7. The molecule has 0 unspecified atom stereocenters. The third-order valence-electron chi connectivity index (χ3n) is 4.97. The fourth-order valence-corrected chi connectivity index (χ4v) is 4.38. The Balaban J connectivity index is 0.000000342. The van der Waals surface area contributed by atoms with Crippen LogP contribution in [0.15, 0.2) is 39.3 Å². The van der Waals surface area contributed by atoms with E-state index in [-0.39, 0.29) is 23.6 Å². The van der Waals surface area contributed by atoms with E-state index in [0.29, 0.717) is 17.5 Å². The van der Waals surface area contributed by atoms with Gasteiger partial charge in [0.2, 0.25) is 11.6 Å². The Labute approximate surface area is 214 Å². The number of nitro groups is 1. The monoisotopic (exact) mass is 597 g/mol. The van der Waals surface area contributed by atoms with Crippen LogP contribution < -0.4 is 9.80 Å². The molecule has 0 spiro atoms. The quantitative estimate of drug-likeness (QED) is 0.132. The van der Waals surface area contributed by atoms with Gasteiger partial charge < -0.3 is 9.80 Å². The Kier molecular flexibility index (Phi) is 11.2. The van der Waals surface area contributed by atoms with Gasteiger partial charge in [0.1, 0.15) is 0 Å². The van der Waals surface area contributed by atoms with Gasteiger partial charge in [-0.1, -0.05) is 15.9 Å². The molecular formula is C23H25Br2N3O6. The van der Waals surface area contributed by atoms with Crippen molar-refractivity contribution < 1.29 is 24.1 Å². The first-order valence-corrected chi connectivity index (χ1v) is 11.7. The minimum atomic E-state index is -0.763. The number of non-ortho nitro benzene ring substituents is 1. The standard InChI is InChI=1S/C12H14N2O4.C11H11Br2NO2/c1-8(2)13(3)11-5-4-9(14(17)18)6-10(11)12(16)7-15;1-3-14(2)11-8(10(16)6-15)4-7(12)5-9(11)13/h4-8H,1-3H3;4-6H,3H2,1-2H3. The molecule has 2 aromatic carbocycles. The van der Waals surface area contributed by atoms with Gasteiger partial charge in [-0.25, -0.2) is 0 Å². The van der Waals surface area contributed by atoms with Crippen molar-refractivity contribution in [2.75, 3.05) is 30.4 Å². The summed E-state index contributed by atoms with van der Waals surface area (Å²) < 4.78 is 1.55. The van der Waals surface area contributed by atoms with Crippen LogP contribution in [0.1, 0.15) is 41.5 Å². The van der Waals surface area contributed by atoms with Crippen LogP contribution in [0.5, 0.6) is 0 Å². The van der Waals surface area contributed by atoms with E-state index in [1.807, 2.05) is 38.8 Å². The average Bonchev–Trinajstić information content (AvgIpc) is 2.81. The lowest BCUT2D eigenvalue weighted by atomic mass is 10.1. The zero-order valence-corrected chi connectivity index (χ0v) is 22.5. The fraction of sp³-hybridized carbons (Fsp3) is 0.304. The highest BCUT2D eigenvalue weighted by Gasteiger charge is 2.20. The Hall–Kier alpha value is -2.92. The molecule has 0 radical (unpaired) electrons. The summed E-state index contributed by atoms with van der Waals surface area (Å²) in [6, 6.07) is 7.53. The van der Waals surface area contributed by atoms with Crippen molar-refractivity contribution in [3.63, 3.8) is 0 Å². The van der Waals surface area contributed by atoms with E-state index in [1.165, 1.54) is 12.1 Å². The minimum Gasteiger partial charge on any atom is -0.373 e. The maximum atomic E-state index is 11.5. The summed E-state index contributed by atoms with van der Waals surface area (Å²) in [4.78, 5) is 58.0. The number of benzene rings is 2. The van der Waals surface area contributed by atoms with Gasteiger partial charge in [0.15, 0.2) is 12.6 Å². The number of aldehydes is 2. The molecule has 2 aromatic rings. The molecule has 9 nitrogen and oxygen atoms in total. The molecular weight excluding hydrogens is 574 g/mol. The van der Waals surface area contributed by atoms with Crippen molar-refractivity contribution >= 4 is 73.1 Å². The van der Waals surface area contributed by atoms with Gasteiger partial charge in [0.05, 0.1) is 21.7 Å². The highest BCUT2D eigenvalue weighted by molar-refractivity contribution is 9.11. The Bertz CT molecular complexity index is 1100. The van der Waals surface area contributed by atoms with E-state index >= 15 is 0 Å². The largest absolute Gasteiger partial charge is 0.373 e. The van der Waals surface area contributed by atoms with Gasteiger partial charge in [-0.2, -0.15) is 0 Å². The lowest BCUT2D eigenvalue weighted by Gasteiger charge is -2.25. The molecule has 0 aliphatic heterocycles. The second-order valence-corrected chi connectivity index (χ2v) is 9.20. The van der Waals surface area contributed by atoms with Crippen LogP contribution in [-0.4, -0.2) is 55.7 Å². The van der Waals surface area contributed by atoms with Gasteiger partial charge >= 0.3 is 0 Å². The first-order chi connectivity index (χ1) is 15.9. The molecule has 0 aliphatic carbocycles. The molecule has 0 saturated heterocycles. The number of halogens is 2. The molecule has 0 amide bonds. The summed E-state index contributed by atoms with van der Waals surface area (Å²) in [5.41, 5.74) is 1.49. The molecule has 34 heavy (non-hydrogen) atoms. The van der Waals surface area contributed by atoms with E-state index in [0.717, 1.165) is 27.2 Å². The van der Waals surface area contributed by atoms with E-state index in [4.69, 9.17) is 0 Å². The van der Waals surface area contributed by atoms with Crippen molar-refractivity contribution in [3.8, 4) is 0 Å². The molecule has 11 heteroatoms. The molecule has 0 N–H and O–H groups in total. The first-order valence-electron chi connectivity index (χ1n) is 10.1. The maximum absolute atomic E-state index is 11.5. The first kappa shape index (κ1) is 29.1. The van der Waals surface area contributed by atoms with Crippen molar-refractivity contribution in [1.82, 2.24) is 0 Å². The van der Waals surface area contributed by atoms with Crippen LogP contribution >= 0.6 is 31.9 Å². The van der Waals surface area contributed by atoms with Crippen LogP contribution in [0.4, 0.5) is 17.1 Å². The number of hydrogen-bond acceptors (Lipinski definition) is 8. The molecule has 0 fully saturated rings. The number of Topliss-reactive ketones (excluding diaryl/α,β-unsaturated/α-hetero) is 2. The van der Waals surface area contributed by atoms with Gasteiger partial charge in [-0.05, 0) is 54.9 Å². The normalized spacial score (nSPS) is 10.1. The van der Waals surface area contributed by atoms with E-state index in [9.17, 15) is 29.3 Å². The number of hydrogen-bond donors (Lipinski definition) is 0. The predicted octanol–water partition coefficient (Wildman–Crippen LogP) is 4.87. The number of ketones is 2. The van der Waals surface area contributed by atoms with Crippen molar-refractivity contribution in [2.45, 2.75) is 26.8 Å². The lowest BCUT2D eigenvalue weighted by Crippen LogP contribution is -2.27. The van der Waals surface area contributed by atoms with Gasteiger partial charge in [-0.15, -0.1) is 0 Å². The van der Waals surface area contributed by atoms with Gasteiger partial charge in [0.25, 0.3) is 5.69 Å². The second kappa shape index (κ2) is 13.1. The number of anilines is 2. The van der Waals surface area contributed by atoms with Crippen LogP contribution in [0.2, 0.25) is 0 Å². The maximum Gasteiger partial charge on any atom is 0.270 e. The summed E-state index contributed by atoms with van der Waals surface area (Å²) >= 11 is 6.70. The molecule has 0 bridgehead atoms. The average molecular weight is 599 g/mol. The van der Waals surface area contributed by atoms with Crippen LogP contribution in [0.25, 0.3) is 0 Å². The predicted molar refractivity (Wildman–Crippen MR) is 138 cm³/mol. The van der Waals surface area contributed by atoms with Gasteiger partial charge in [-0.3, -0.25) is 29.3 Å². The number of rotatable bonds is 9. The van der Waals surface area contributed by atoms with Crippen molar-refractivity contribution in [1.29, 1.82) is 0 Å². The molecule has 0 atom stereocenters. The van der Waals surface area contributed by atoms with E-state index < -0.39 is 16.5 Å². The van der Waals surface area contributed by atoms with Crippen LogP contribution in [0, 0.1) is 10.1 Å². The molecule has 182 valence electrons. The molecule has 0 heterocycles. The summed E-state index contributed by atoms with van der Waals surface area (Å²) in [6.07, 6.45) is 0.498. The Morgan fingerprint density at radius 1 is 1.03 bits per heavy atom. The fourth-order valence-electron chi connectivity index (χ4n) is 2.85. The topological polar surface area (TPSA) is 118 Å². The van der Waals surface area contributed by atoms with Crippen LogP contribution in [-0.2, 0) is 9.59 Å². The van der Waals surface area contributed by atoms with E-state index in [2.05, 4.69) is 31.9 Å². The van der Waals surface area contributed by atoms with Crippen LogP contribution in [0.3, 0.4) is 0 Å². The smallest absolute Gasteiger partial charge is 0.270 e. The van der Waals surface area contributed by atoms with Crippen molar-refractivity contribution in [2.24, 2.45) is 0 Å². The summed E-state index contributed by atoms with van der Waals surface area (Å²) in [6.45, 7) is 6.55. The molecule has 0 saturated carbocycles. The highest BCUT2D eigenvalue weighted by Crippen LogP contribution is 2.33. The highest BCUT2D eigenvalue weighted by atomic mass is 79.9. The Morgan fingerprint density at radius 3 is 2.06 bits per heavy atom.